The summed E-state index contributed by atoms with van der Waals surface area (Å²) in [6.07, 6.45) is 3.92. The van der Waals surface area contributed by atoms with E-state index in [9.17, 15) is 14.7 Å². The Morgan fingerprint density at radius 3 is 2.52 bits per heavy atom. The van der Waals surface area contributed by atoms with Gasteiger partial charge in [-0.2, -0.15) is 0 Å². The fraction of sp³-hybridized carbons (Fsp3) is 0.529. The SMILES string of the molecule is CCc1cccc(C)c1NC(=O)C1CCCCC1C(=O)O. The number of carboxylic acids is 1. The second-order valence-corrected chi connectivity index (χ2v) is 5.79. The maximum atomic E-state index is 12.5. The third kappa shape index (κ3) is 3.43. The number of nitrogens with one attached hydrogen (secondary N) is 1. The Morgan fingerprint density at radius 2 is 1.90 bits per heavy atom. The van der Waals surface area contributed by atoms with E-state index in [1.54, 1.807) is 0 Å². The number of aliphatic carboxylic acids is 1. The van der Waals surface area contributed by atoms with Crippen LogP contribution in [0.1, 0.15) is 43.7 Å². The molecule has 0 aromatic heterocycles. The van der Waals surface area contributed by atoms with Crippen molar-refractivity contribution in [3.63, 3.8) is 0 Å². The summed E-state index contributed by atoms with van der Waals surface area (Å²) < 4.78 is 0. The summed E-state index contributed by atoms with van der Waals surface area (Å²) in [5.41, 5.74) is 2.95. The lowest BCUT2D eigenvalue weighted by atomic mass is 9.78. The summed E-state index contributed by atoms with van der Waals surface area (Å²) in [7, 11) is 0. The van der Waals surface area contributed by atoms with Crippen LogP contribution >= 0.6 is 0 Å². The fourth-order valence-corrected chi connectivity index (χ4v) is 3.16. The summed E-state index contributed by atoms with van der Waals surface area (Å²) in [4.78, 5) is 23.9. The van der Waals surface area contributed by atoms with Crippen LogP contribution in [-0.2, 0) is 16.0 Å². The molecular weight excluding hydrogens is 266 g/mol. The van der Waals surface area contributed by atoms with Gasteiger partial charge in [-0.25, -0.2) is 0 Å². The topological polar surface area (TPSA) is 66.4 Å². The molecule has 114 valence electrons. The zero-order valence-electron chi connectivity index (χ0n) is 12.7. The highest BCUT2D eigenvalue weighted by atomic mass is 16.4. The Labute approximate surface area is 125 Å². The number of amides is 1. The molecule has 0 bridgehead atoms. The summed E-state index contributed by atoms with van der Waals surface area (Å²) in [6.45, 7) is 4.01. The Bertz CT molecular complexity index is 539. The molecule has 1 aliphatic carbocycles. The van der Waals surface area contributed by atoms with Crippen molar-refractivity contribution >= 4 is 17.6 Å². The van der Waals surface area contributed by atoms with Crippen molar-refractivity contribution in [2.75, 3.05) is 5.32 Å². The van der Waals surface area contributed by atoms with E-state index in [0.29, 0.717) is 12.8 Å². The first-order valence-corrected chi connectivity index (χ1v) is 7.66. The number of carboxylic acid groups (broad SMARTS) is 1. The zero-order chi connectivity index (χ0) is 15.4. The normalized spacial score (nSPS) is 21.8. The molecule has 2 rings (SSSR count). The van der Waals surface area contributed by atoms with E-state index < -0.39 is 17.8 Å². The monoisotopic (exact) mass is 289 g/mol. The number of anilines is 1. The standard InChI is InChI=1S/C17H23NO3/c1-3-12-8-6-7-11(2)15(12)18-16(19)13-9-4-5-10-14(13)17(20)21/h6-8,13-14H,3-5,9-10H2,1-2H3,(H,18,19)(H,20,21). The molecule has 21 heavy (non-hydrogen) atoms. The highest BCUT2D eigenvalue weighted by Gasteiger charge is 2.35. The lowest BCUT2D eigenvalue weighted by Crippen LogP contribution is -2.36. The molecule has 1 amide bonds. The van der Waals surface area contributed by atoms with Crippen LogP contribution in [0.4, 0.5) is 5.69 Å². The third-order valence-electron chi connectivity index (χ3n) is 4.41. The van der Waals surface area contributed by atoms with Crippen molar-refractivity contribution < 1.29 is 14.7 Å². The van der Waals surface area contributed by atoms with Gasteiger partial charge in [0.15, 0.2) is 0 Å². The maximum absolute atomic E-state index is 12.5. The number of hydrogen-bond acceptors (Lipinski definition) is 2. The van der Waals surface area contributed by atoms with Gasteiger partial charge in [0.1, 0.15) is 0 Å². The van der Waals surface area contributed by atoms with E-state index in [1.165, 1.54) is 0 Å². The first kappa shape index (κ1) is 15.5. The van der Waals surface area contributed by atoms with Crippen LogP contribution in [0, 0.1) is 18.8 Å². The van der Waals surface area contributed by atoms with Crippen molar-refractivity contribution in [3.8, 4) is 0 Å². The molecule has 1 fully saturated rings. The van der Waals surface area contributed by atoms with Gasteiger partial charge in [0.25, 0.3) is 0 Å². The molecule has 0 spiro atoms. The number of rotatable bonds is 4. The number of hydrogen-bond donors (Lipinski definition) is 2. The van der Waals surface area contributed by atoms with E-state index in [4.69, 9.17) is 0 Å². The Balaban J connectivity index is 2.19. The van der Waals surface area contributed by atoms with Crippen LogP contribution in [-0.4, -0.2) is 17.0 Å². The van der Waals surface area contributed by atoms with Crippen LogP contribution in [0.2, 0.25) is 0 Å². The van der Waals surface area contributed by atoms with E-state index in [2.05, 4.69) is 5.32 Å². The van der Waals surface area contributed by atoms with Gasteiger partial charge in [-0.15, -0.1) is 0 Å². The van der Waals surface area contributed by atoms with Gasteiger partial charge in [0.05, 0.1) is 11.8 Å². The van der Waals surface area contributed by atoms with Gasteiger partial charge in [-0.1, -0.05) is 38.0 Å². The molecular formula is C17H23NO3. The van der Waals surface area contributed by atoms with Crippen molar-refractivity contribution in [2.24, 2.45) is 11.8 Å². The van der Waals surface area contributed by atoms with Crippen molar-refractivity contribution in [3.05, 3.63) is 29.3 Å². The molecule has 2 atom stereocenters. The van der Waals surface area contributed by atoms with Gasteiger partial charge in [-0.05, 0) is 37.3 Å². The summed E-state index contributed by atoms with van der Waals surface area (Å²) in [5.74, 6) is -1.96. The molecule has 0 heterocycles. The van der Waals surface area contributed by atoms with Gasteiger partial charge in [0.2, 0.25) is 5.91 Å². The van der Waals surface area contributed by atoms with Gasteiger partial charge >= 0.3 is 5.97 Å². The van der Waals surface area contributed by atoms with Gasteiger partial charge in [0, 0.05) is 5.69 Å². The molecule has 1 aromatic carbocycles. The second-order valence-electron chi connectivity index (χ2n) is 5.79. The molecule has 0 aliphatic heterocycles. The molecule has 0 radical (unpaired) electrons. The van der Waals surface area contributed by atoms with Crippen LogP contribution in [0.25, 0.3) is 0 Å². The summed E-state index contributed by atoms with van der Waals surface area (Å²) in [6, 6.07) is 5.94. The van der Waals surface area contributed by atoms with E-state index in [1.807, 2.05) is 32.0 Å². The average molecular weight is 289 g/mol. The Hall–Kier alpha value is -1.84. The maximum Gasteiger partial charge on any atom is 0.307 e. The van der Waals surface area contributed by atoms with Crippen molar-refractivity contribution in [1.82, 2.24) is 0 Å². The Morgan fingerprint density at radius 1 is 1.24 bits per heavy atom. The average Bonchev–Trinajstić information content (AvgIpc) is 2.49. The predicted octanol–water partition coefficient (Wildman–Crippen LogP) is 3.39. The molecule has 1 saturated carbocycles. The smallest absolute Gasteiger partial charge is 0.307 e. The Kier molecular flexibility index (Phi) is 4.99. The van der Waals surface area contributed by atoms with Crippen LogP contribution < -0.4 is 5.32 Å². The minimum atomic E-state index is -0.852. The van der Waals surface area contributed by atoms with E-state index in [-0.39, 0.29) is 5.91 Å². The molecule has 4 heteroatoms. The number of carbonyl (C=O) groups excluding carboxylic acids is 1. The molecule has 2 unspecified atom stereocenters. The highest BCUT2D eigenvalue weighted by Crippen LogP contribution is 2.32. The fourth-order valence-electron chi connectivity index (χ4n) is 3.16. The third-order valence-corrected chi connectivity index (χ3v) is 4.41. The number of carbonyl (C=O) groups is 2. The zero-order valence-corrected chi connectivity index (χ0v) is 12.7. The minimum absolute atomic E-state index is 0.147. The number of aryl methyl sites for hydroxylation is 2. The molecule has 4 nitrogen and oxygen atoms in total. The molecule has 1 aliphatic rings. The highest BCUT2D eigenvalue weighted by molar-refractivity contribution is 5.96. The lowest BCUT2D eigenvalue weighted by Gasteiger charge is -2.28. The largest absolute Gasteiger partial charge is 0.481 e. The first-order valence-electron chi connectivity index (χ1n) is 7.66. The minimum Gasteiger partial charge on any atom is -0.481 e. The number of benzene rings is 1. The van der Waals surface area contributed by atoms with E-state index in [0.717, 1.165) is 36.1 Å². The summed E-state index contributed by atoms with van der Waals surface area (Å²) in [5, 5.41) is 12.3. The number of para-hydroxylation sites is 1. The molecule has 0 saturated heterocycles. The van der Waals surface area contributed by atoms with Gasteiger partial charge in [-0.3, -0.25) is 9.59 Å². The second kappa shape index (κ2) is 6.74. The van der Waals surface area contributed by atoms with Crippen LogP contribution in [0.3, 0.4) is 0 Å². The molecule has 1 aromatic rings. The van der Waals surface area contributed by atoms with E-state index >= 15 is 0 Å². The van der Waals surface area contributed by atoms with Crippen molar-refractivity contribution in [1.29, 1.82) is 0 Å². The summed E-state index contributed by atoms with van der Waals surface area (Å²) >= 11 is 0. The van der Waals surface area contributed by atoms with Gasteiger partial charge < -0.3 is 10.4 Å². The predicted molar refractivity (Wildman–Crippen MR) is 82.3 cm³/mol. The quantitative estimate of drug-likeness (QED) is 0.893. The van der Waals surface area contributed by atoms with Crippen LogP contribution in [0.5, 0.6) is 0 Å². The molecule has 2 N–H and O–H groups in total. The van der Waals surface area contributed by atoms with Crippen molar-refractivity contribution in [2.45, 2.75) is 46.0 Å². The first-order chi connectivity index (χ1) is 10.0. The van der Waals surface area contributed by atoms with Crippen LogP contribution in [0.15, 0.2) is 18.2 Å². The lowest BCUT2D eigenvalue weighted by molar-refractivity contribution is -0.147.